The lowest BCUT2D eigenvalue weighted by atomic mass is 10.2. The van der Waals surface area contributed by atoms with Crippen LogP contribution in [0.4, 0.5) is 0 Å². The molecule has 10 heavy (non-hydrogen) atoms. The van der Waals surface area contributed by atoms with E-state index in [1.165, 1.54) is 0 Å². The van der Waals surface area contributed by atoms with E-state index in [9.17, 15) is 0 Å². The Bertz CT molecular complexity index is 89.3. The number of hydrogen-bond donors (Lipinski definition) is 0. The summed E-state index contributed by atoms with van der Waals surface area (Å²) in [5, 5.41) is 0. The van der Waals surface area contributed by atoms with Gasteiger partial charge in [0.2, 0.25) is 0 Å². The summed E-state index contributed by atoms with van der Waals surface area (Å²) in [4.78, 5) is 5.03. The van der Waals surface area contributed by atoms with Crippen molar-refractivity contribution in [2.24, 2.45) is 0 Å². The maximum atomic E-state index is 5.63. The van der Waals surface area contributed by atoms with Crippen molar-refractivity contribution in [1.29, 1.82) is 0 Å². The highest BCUT2D eigenvalue weighted by atomic mass is 28.3. The standard InChI is InChI=1S/C6H15BO2Si/c1-6(2,3)8-9-10(4,5)7/h1-5H3. The van der Waals surface area contributed by atoms with Crippen molar-refractivity contribution in [3.05, 3.63) is 0 Å². The Morgan fingerprint density at radius 3 is 1.70 bits per heavy atom. The average molecular weight is 158 g/mol. The molecule has 0 bridgehead atoms. The molecule has 58 valence electrons. The summed E-state index contributed by atoms with van der Waals surface area (Å²) in [7, 11) is 3.65. The molecule has 0 rings (SSSR count). The smallest absolute Gasteiger partial charge is 0.182 e. The van der Waals surface area contributed by atoms with E-state index < -0.39 is 8.19 Å². The Morgan fingerprint density at radius 1 is 1.20 bits per heavy atom. The lowest BCUT2D eigenvalue weighted by Gasteiger charge is -2.24. The van der Waals surface area contributed by atoms with Crippen molar-refractivity contribution in [2.45, 2.75) is 39.5 Å². The molecule has 0 aromatic rings. The first-order valence-electron chi connectivity index (χ1n) is 3.36. The fourth-order valence-corrected chi connectivity index (χ4v) is 0.697. The third-order valence-electron chi connectivity index (χ3n) is 0.506. The van der Waals surface area contributed by atoms with Gasteiger partial charge in [-0.15, -0.1) is 0 Å². The highest BCUT2D eigenvalue weighted by molar-refractivity contribution is 7.11. The third-order valence-corrected chi connectivity index (χ3v) is 1.02. The molecule has 2 nitrogen and oxygen atoms in total. The fourth-order valence-electron chi connectivity index (χ4n) is 0.232. The Hall–Kier alpha value is 0.202. The summed E-state index contributed by atoms with van der Waals surface area (Å²) < 4.78 is 5.01. The van der Waals surface area contributed by atoms with Gasteiger partial charge >= 0.3 is 0 Å². The average Bonchev–Trinajstić information content (AvgIpc) is 1.57. The van der Waals surface area contributed by atoms with E-state index in [2.05, 4.69) is 0 Å². The highest BCUT2D eigenvalue weighted by Crippen LogP contribution is 2.10. The van der Waals surface area contributed by atoms with Gasteiger partial charge in [0.05, 0.1) is 13.0 Å². The first-order chi connectivity index (χ1) is 4.21. The molecule has 0 fully saturated rings. The molecule has 0 aromatic carbocycles. The zero-order valence-electron chi connectivity index (χ0n) is 7.39. The van der Waals surface area contributed by atoms with Gasteiger partial charge in [-0.25, -0.2) is 4.89 Å². The molecule has 0 aliphatic heterocycles. The minimum Gasteiger partial charge on any atom is -0.296 e. The van der Waals surface area contributed by atoms with Crippen LogP contribution in [-0.4, -0.2) is 21.2 Å². The maximum absolute atomic E-state index is 5.63. The van der Waals surface area contributed by atoms with Crippen LogP contribution in [-0.2, 0) is 9.46 Å². The predicted molar refractivity (Wildman–Crippen MR) is 45.2 cm³/mol. The summed E-state index contributed by atoms with van der Waals surface area (Å²) in [5.41, 5.74) is -0.260. The summed E-state index contributed by atoms with van der Waals surface area (Å²) in [6.07, 6.45) is 0. The summed E-state index contributed by atoms with van der Waals surface area (Å²) in [6, 6.07) is 0. The topological polar surface area (TPSA) is 18.5 Å². The Morgan fingerprint density at radius 2 is 1.60 bits per heavy atom. The molecule has 2 radical (unpaired) electrons. The Labute approximate surface area is 65.3 Å². The lowest BCUT2D eigenvalue weighted by Crippen LogP contribution is -2.35. The van der Waals surface area contributed by atoms with Gasteiger partial charge in [-0.1, -0.05) is 0 Å². The zero-order valence-corrected chi connectivity index (χ0v) is 8.39. The van der Waals surface area contributed by atoms with Gasteiger partial charge in [0, 0.05) is 0 Å². The van der Waals surface area contributed by atoms with Gasteiger partial charge in [0.25, 0.3) is 0 Å². The SMILES string of the molecule is [B][Si](C)(C)OOC(C)(C)C. The van der Waals surface area contributed by atoms with Crippen molar-refractivity contribution in [2.75, 3.05) is 0 Å². The molecule has 4 heteroatoms. The van der Waals surface area contributed by atoms with Crippen molar-refractivity contribution < 1.29 is 9.46 Å². The Kier molecular flexibility index (Phi) is 3.13. The zero-order chi connectivity index (χ0) is 8.41. The maximum Gasteiger partial charge on any atom is 0.182 e. The van der Waals surface area contributed by atoms with Crippen LogP contribution in [0, 0.1) is 0 Å². The van der Waals surface area contributed by atoms with Gasteiger partial charge in [-0.2, -0.15) is 0 Å². The third kappa shape index (κ3) is 8.20. The van der Waals surface area contributed by atoms with Crippen LogP contribution in [0.1, 0.15) is 20.8 Å². The molecule has 0 atom stereocenters. The fraction of sp³-hybridized carbons (Fsp3) is 1.00. The van der Waals surface area contributed by atoms with Crippen LogP contribution in [0.15, 0.2) is 0 Å². The quantitative estimate of drug-likeness (QED) is 0.345. The molecule has 0 spiro atoms. The second kappa shape index (κ2) is 3.07. The molecule has 0 N–H and O–H groups in total. The van der Waals surface area contributed by atoms with E-state index in [0.29, 0.717) is 0 Å². The van der Waals surface area contributed by atoms with Gasteiger partial charge in [-0.05, 0) is 33.9 Å². The Balaban J connectivity index is 3.56. The second-order valence-corrected chi connectivity index (χ2v) is 7.26. The van der Waals surface area contributed by atoms with Gasteiger partial charge in [0.1, 0.15) is 0 Å². The molecular weight excluding hydrogens is 143 g/mol. The molecule has 0 aromatic heterocycles. The first-order valence-corrected chi connectivity index (χ1v) is 6.35. The number of rotatable bonds is 2. The van der Waals surface area contributed by atoms with E-state index >= 15 is 0 Å². The molecule has 0 saturated carbocycles. The van der Waals surface area contributed by atoms with Crippen molar-refractivity contribution >= 4 is 15.6 Å². The predicted octanol–water partition coefficient (Wildman–Crippen LogP) is 1.60. The van der Waals surface area contributed by atoms with Crippen LogP contribution < -0.4 is 0 Å². The van der Waals surface area contributed by atoms with Gasteiger partial charge < -0.3 is 0 Å². The molecule has 0 heterocycles. The first kappa shape index (κ1) is 10.2. The van der Waals surface area contributed by atoms with Crippen molar-refractivity contribution in [3.63, 3.8) is 0 Å². The van der Waals surface area contributed by atoms with Crippen LogP contribution in [0.25, 0.3) is 0 Å². The van der Waals surface area contributed by atoms with E-state index in [4.69, 9.17) is 16.9 Å². The van der Waals surface area contributed by atoms with E-state index in [-0.39, 0.29) is 5.60 Å². The van der Waals surface area contributed by atoms with E-state index in [1.807, 2.05) is 33.9 Å². The highest BCUT2D eigenvalue weighted by Gasteiger charge is 2.20. The minimum atomic E-state index is -1.99. The van der Waals surface area contributed by atoms with Crippen molar-refractivity contribution in [3.8, 4) is 0 Å². The second-order valence-electron chi connectivity index (χ2n) is 3.88. The molecule has 0 saturated heterocycles. The molecule has 0 aliphatic carbocycles. The van der Waals surface area contributed by atoms with Crippen molar-refractivity contribution in [1.82, 2.24) is 0 Å². The molecular formula is C6H15BO2Si. The molecule has 0 aliphatic rings. The van der Waals surface area contributed by atoms with Crippen LogP contribution in [0.5, 0.6) is 0 Å². The summed E-state index contributed by atoms with van der Waals surface area (Å²) >= 11 is 0. The minimum absolute atomic E-state index is 0.260. The largest absolute Gasteiger partial charge is 0.296 e. The monoisotopic (exact) mass is 158 g/mol. The summed E-state index contributed by atoms with van der Waals surface area (Å²) in [6.45, 7) is 9.52. The normalized spacial score (nSPS) is 13.7. The molecule has 0 amide bonds. The van der Waals surface area contributed by atoms with Gasteiger partial charge in [0.15, 0.2) is 8.19 Å². The molecule has 0 unspecified atom stereocenters. The van der Waals surface area contributed by atoms with Crippen LogP contribution in [0.2, 0.25) is 13.1 Å². The van der Waals surface area contributed by atoms with E-state index in [0.717, 1.165) is 0 Å². The van der Waals surface area contributed by atoms with Gasteiger partial charge in [-0.3, -0.25) is 4.58 Å². The number of hydrogen-bond acceptors (Lipinski definition) is 2. The summed E-state index contributed by atoms with van der Waals surface area (Å²) in [5.74, 6) is 0. The van der Waals surface area contributed by atoms with Crippen LogP contribution >= 0.6 is 0 Å². The van der Waals surface area contributed by atoms with E-state index in [1.54, 1.807) is 0 Å². The van der Waals surface area contributed by atoms with Crippen LogP contribution in [0.3, 0.4) is 0 Å². The lowest BCUT2D eigenvalue weighted by molar-refractivity contribution is -0.282.